The van der Waals surface area contributed by atoms with Crippen molar-refractivity contribution in [3.05, 3.63) is 64.8 Å². The molecule has 28 heavy (non-hydrogen) atoms. The lowest BCUT2D eigenvalue weighted by molar-refractivity contribution is 0.0266. The number of hydrogen-bond donors (Lipinski definition) is 2. The summed E-state index contributed by atoms with van der Waals surface area (Å²) in [5, 5.41) is 19.5. The normalized spacial score (nSPS) is 11.4. The molecule has 7 nitrogen and oxygen atoms in total. The molecule has 0 amide bonds. The first kappa shape index (κ1) is 19.9. The Morgan fingerprint density at radius 3 is 2.57 bits per heavy atom. The van der Waals surface area contributed by atoms with Crippen LogP contribution in [0.1, 0.15) is 19.4 Å². The van der Waals surface area contributed by atoms with Crippen molar-refractivity contribution in [2.24, 2.45) is 0 Å². The van der Waals surface area contributed by atoms with Gasteiger partial charge in [-0.1, -0.05) is 11.8 Å². The second-order valence-electron chi connectivity index (χ2n) is 6.92. The van der Waals surface area contributed by atoms with Crippen molar-refractivity contribution >= 4 is 11.8 Å². The Balaban J connectivity index is 1.86. The van der Waals surface area contributed by atoms with Gasteiger partial charge in [-0.2, -0.15) is 0 Å². The molecule has 2 heterocycles. The van der Waals surface area contributed by atoms with Gasteiger partial charge in [0.2, 0.25) is 5.88 Å². The highest BCUT2D eigenvalue weighted by molar-refractivity contribution is 7.99. The number of phenolic OH excluding ortho intramolecular Hbond substituents is 1. The molecule has 3 rings (SSSR count). The van der Waals surface area contributed by atoms with E-state index >= 15 is 0 Å². The van der Waals surface area contributed by atoms with Gasteiger partial charge in [0.05, 0.1) is 17.5 Å². The van der Waals surface area contributed by atoms with Crippen molar-refractivity contribution in [3.63, 3.8) is 0 Å². The smallest absolute Gasteiger partial charge is 0.288 e. The molecule has 0 saturated carbocycles. The third-order valence-electron chi connectivity index (χ3n) is 3.72. The zero-order valence-corrected chi connectivity index (χ0v) is 16.6. The minimum atomic E-state index is -0.963. The van der Waals surface area contributed by atoms with Crippen LogP contribution in [0.2, 0.25) is 0 Å². The number of phenols is 1. The standard InChI is InChI=1S/C20H21N3O4S/c1-13-10-14(11-22-17(13)27-12-20(2,3)26)23-9-8-21-18(19(23)25)28-16-6-4-15(24)5-7-16/h4-11,24,26H,12H2,1-3H3. The number of aromatic nitrogens is 3. The number of aliphatic hydroxyl groups is 1. The molecular formula is C20H21N3O4S. The van der Waals surface area contributed by atoms with Crippen molar-refractivity contribution < 1.29 is 14.9 Å². The second-order valence-corrected chi connectivity index (χ2v) is 7.98. The SMILES string of the molecule is Cc1cc(-n2ccnc(Sc3ccc(O)cc3)c2=O)cnc1OCC(C)(C)O. The van der Waals surface area contributed by atoms with Gasteiger partial charge in [-0.15, -0.1) is 0 Å². The molecule has 0 saturated heterocycles. The summed E-state index contributed by atoms with van der Waals surface area (Å²) in [5.41, 5.74) is 0.105. The minimum absolute atomic E-state index is 0.114. The van der Waals surface area contributed by atoms with Gasteiger partial charge in [-0.3, -0.25) is 9.36 Å². The number of aryl methyl sites for hydroxylation is 1. The van der Waals surface area contributed by atoms with E-state index in [1.165, 1.54) is 16.3 Å². The van der Waals surface area contributed by atoms with E-state index in [-0.39, 0.29) is 17.9 Å². The van der Waals surface area contributed by atoms with Crippen LogP contribution in [0.25, 0.3) is 5.69 Å². The molecule has 2 aromatic heterocycles. The van der Waals surface area contributed by atoms with Gasteiger partial charge in [0.25, 0.3) is 5.56 Å². The van der Waals surface area contributed by atoms with Crippen LogP contribution in [0.4, 0.5) is 0 Å². The molecule has 0 aliphatic heterocycles. The maximum absolute atomic E-state index is 12.8. The molecule has 0 bridgehead atoms. The van der Waals surface area contributed by atoms with E-state index in [4.69, 9.17) is 4.74 Å². The average Bonchev–Trinajstić information content (AvgIpc) is 2.63. The summed E-state index contributed by atoms with van der Waals surface area (Å²) >= 11 is 1.22. The number of pyridine rings is 1. The molecule has 0 radical (unpaired) electrons. The molecule has 2 N–H and O–H groups in total. The molecule has 0 aliphatic carbocycles. The van der Waals surface area contributed by atoms with Crippen molar-refractivity contribution in [3.8, 4) is 17.3 Å². The van der Waals surface area contributed by atoms with Crippen LogP contribution in [0.5, 0.6) is 11.6 Å². The van der Waals surface area contributed by atoms with Crippen LogP contribution >= 0.6 is 11.8 Å². The van der Waals surface area contributed by atoms with Gasteiger partial charge >= 0.3 is 0 Å². The fraction of sp³-hybridized carbons (Fsp3) is 0.250. The van der Waals surface area contributed by atoms with Crippen LogP contribution in [0, 0.1) is 6.92 Å². The van der Waals surface area contributed by atoms with Gasteiger partial charge in [0, 0.05) is 22.9 Å². The number of aromatic hydroxyl groups is 1. The van der Waals surface area contributed by atoms with Gasteiger partial charge in [0.1, 0.15) is 12.4 Å². The van der Waals surface area contributed by atoms with Crippen LogP contribution < -0.4 is 10.3 Å². The number of ether oxygens (including phenoxy) is 1. The molecule has 3 aromatic rings. The molecule has 0 spiro atoms. The predicted octanol–water partition coefficient (Wildman–Crippen LogP) is 2.94. The topological polar surface area (TPSA) is 97.5 Å². The highest BCUT2D eigenvalue weighted by Crippen LogP contribution is 2.25. The number of benzene rings is 1. The Labute approximate surface area is 166 Å². The summed E-state index contributed by atoms with van der Waals surface area (Å²) in [4.78, 5) is 22.1. The van der Waals surface area contributed by atoms with E-state index < -0.39 is 5.60 Å². The second kappa shape index (κ2) is 8.04. The summed E-state index contributed by atoms with van der Waals surface area (Å²) < 4.78 is 7.02. The van der Waals surface area contributed by atoms with E-state index in [1.807, 2.05) is 6.92 Å². The zero-order valence-electron chi connectivity index (χ0n) is 15.8. The van der Waals surface area contributed by atoms with Crippen molar-refractivity contribution in [1.29, 1.82) is 0 Å². The Bertz CT molecular complexity index is 1030. The van der Waals surface area contributed by atoms with Gasteiger partial charge in [-0.25, -0.2) is 9.97 Å². The highest BCUT2D eigenvalue weighted by atomic mass is 32.2. The fourth-order valence-corrected chi connectivity index (χ4v) is 3.16. The predicted molar refractivity (Wildman–Crippen MR) is 106 cm³/mol. The van der Waals surface area contributed by atoms with Crippen LogP contribution in [0.3, 0.4) is 0 Å². The molecule has 0 unspecified atom stereocenters. The van der Waals surface area contributed by atoms with Crippen molar-refractivity contribution in [2.45, 2.75) is 36.3 Å². The minimum Gasteiger partial charge on any atom is -0.508 e. The fourth-order valence-electron chi connectivity index (χ4n) is 2.37. The largest absolute Gasteiger partial charge is 0.508 e. The van der Waals surface area contributed by atoms with E-state index in [0.717, 1.165) is 10.5 Å². The van der Waals surface area contributed by atoms with E-state index in [1.54, 1.807) is 62.8 Å². The first-order chi connectivity index (χ1) is 13.2. The van der Waals surface area contributed by atoms with Gasteiger partial charge in [-0.05, 0) is 51.1 Å². The summed E-state index contributed by atoms with van der Waals surface area (Å²) in [7, 11) is 0. The number of nitrogens with zero attached hydrogens (tertiary/aromatic N) is 3. The van der Waals surface area contributed by atoms with Gasteiger partial charge < -0.3 is 14.9 Å². The first-order valence-electron chi connectivity index (χ1n) is 8.60. The Hall–Kier alpha value is -2.84. The number of hydrogen-bond acceptors (Lipinski definition) is 7. The molecule has 0 aliphatic rings. The zero-order chi connectivity index (χ0) is 20.3. The maximum Gasteiger partial charge on any atom is 0.288 e. The molecule has 1 aromatic carbocycles. The van der Waals surface area contributed by atoms with Crippen LogP contribution in [-0.2, 0) is 0 Å². The molecule has 146 valence electrons. The summed E-state index contributed by atoms with van der Waals surface area (Å²) in [6.07, 6.45) is 4.68. The van der Waals surface area contributed by atoms with Crippen LogP contribution in [-0.4, -0.2) is 37.0 Å². The molecule has 0 atom stereocenters. The third-order valence-corrected chi connectivity index (χ3v) is 4.70. The summed E-state index contributed by atoms with van der Waals surface area (Å²) in [6.45, 7) is 5.25. The van der Waals surface area contributed by atoms with Crippen LogP contribution in [0.15, 0.2) is 63.6 Å². The highest BCUT2D eigenvalue weighted by Gasteiger charge is 2.15. The number of rotatable bonds is 6. The van der Waals surface area contributed by atoms with E-state index in [9.17, 15) is 15.0 Å². The lowest BCUT2D eigenvalue weighted by Gasteiger charge is -2.18. The average molecular weight is 399 g/mol. The summed E-state index contributed by atoms with van der Waals surface area (Å²) in [6, 6.07) is 8.36. The van der Waals surface area contributed by atoms with E-state index in [0.29, 0.717) is 16.6 Å². The molecule has 8 heteroatoms. The Morgan fingerprint density at radius 2 is 1.93 bits per heavy atom. The van der Waals surface area contributed by atoms with Crippen molar-refractivity contribution in [1.82, 2.24) is 14.5 Å². The summed E-state index contributed by atoms with van der Waals surface area (Å²) in [5.74, 6) is 0.572. The maximum atomic E-state index is 12.8. The van der Waals surface area contributed by atoms with Gasteiger partial charge in [0.15, 0.2) is 5.03 Å². The van der Waals surface area contributed by atoms with E-state index in [2.05, 4.69) is 9.97 Å². The van der Waals surface area contributed by atoms with Crippen molar-refractivity contribution in [2.75, 3.05) is 6.61 Å². The molecular weight excluding hydrogens is 378 g/mol. The molecule has 0 fully saturated rings. The lowest BCUT2D eigenvalue weighted by Crippen LogP contribution is -2.28. The monoisotopic (exact) mass is 399 g/mol. The first-order valence-corrected chi connectivity index (χ1v) is 9.41. The Kier molecular flexibility index (Phi) is 5.71. The Morgan fingerprint density at radius 1 is 1.21 bits per heavy atom. The third kappa shape index (κ3) is 4.90. The lowest BCUT2D eigenvalue weighted by atomic mass is 10.2. The quantitative estimate of drug-likeness (QED) is 0.658.